The summed E-state index contributed by atoms with van der Waals surface area (Å²) in [6.07, 6.45) is 5.34. The summed E-state index contributed by atoms with van der Waals surface area (Å²) in [6, 6.07) is 5.39. The molecule has 7 rings (SSSR count). The van der Waals surface area contributed by atoms with E-state index in [-0.39, 0.29) is 34.5 Å². The SMILES string of the molecule is CC1(NC(=O)c2cn(-c3ccc(F)cc3F)c3nc(N4CC(F)(F)CCC4=O)ccc3c2=O)CC2CC3CC(C1)C3C2. The van der Waals surface area contributed by atoms with Gasteiger partial charge in [0.2, 0.25) is 11.3 Å². The summed E-state index contributed by atoms with van der Waals surface area (Å²) >= 11 is 0. The average molecular weight is 583 g/mol. The molecule has 11 heteroatoms. The summed E-state index contributed by atoms with van der Waals surface area (Å²) in [5.41, 5.74) is -1.78. The predicted octanol–water partition coefficient (Wildman–Crippen LogP) is 5.37. The van der Waals surface area contributed by atoms with Crippen LogP contribution < -0.4 is 15.6 Å². The average Bonchev–Trinajstić information content (AvgIpc) is 3.18. The van der Waals surface area contributed by atoms with E-state index in [2.05, 4.69) is 10.3 Å². The molecule has 2 amide bonds. The summed E-state index contributed by atoms with van der Waals surface area (Å²) in [5, 5.41) is 3.04. The van der Waals surface area contributed by atoms with Crippen molar-refractivity contribution in [3.63, 3.8) is 0 Å². The Balaban J connectivity index is 1.32. The van der Waals surface area contributed by atoms with Crippen molar-refractivity contribution in [1.82, 2.24) is 14.9 Å². The monoisotopic (exact) mass is 582 g/mol. The van der Waals surface area contributed by atoms with Crippen LogP contribution in [0.2, 0.25) is 0 Å². The number of carbonyl (C=O) groups excluding carboxylic acids is 2. The summed E-state index contributed by atoms with van der Waals surface area (Å²) in [5.74, 6) is -3.68. The van der Waals surface area contributed by atoms with Crippen LogP contribution in [0.15, 0.2) is 41.3 Å². The lowest BCUT2D eigenvalue weighted by Crippen LogP contribution is -2.51. The minimum absolute atomic E-state index is 0.0711. The van der Waals surface area contributed by atoms with Crippen molar-refractivity contribution in [1.29, 1.82) is 0 Å². The van der Waals surface area contributed by atoms with Crippen LogP contribution in [0, 0.1) is 35.3 Å². The van der Waals surface area contributed by atoms with Crippen LogP contribution >= 0.6 is 0 Å². The number of halogens is 4. The summed E-state index contributed by atoms with van der Waals surface area (Å²) in [4.78, 5) is 45.1. The van der Waals surface area contributed by atoms with Gasteiger partial charge in [0.25, 0.3) is 11.8 Å². The first-order valence-corrected chi connectivity index (χ1v) is 14.4. The number of aromatic nitrogens is 2. The van der Waals surface area contributed by atoms with Crippen LogP contribution in [0.5, 0.6) is 0 Å². The third-order valence-corrected chi connectivity index (χ3v) is 9.85. The number of hydrogen-bond donors (Lipinski definition) is 1. The first kappa shape index (κ1) is 27.1. The molecular weight excluding hydrogens is 552 g/mol. The van der Waals surface area contributed by atoms with E-state index in [1.165, 1.54) is 31.4 Å². The van der Waals surface area contributed by atoms with Crippen LogP contribution in [0.3, 0.4) is 0 Å². The van der Waals surface area contributed by atoms with Crippen LogP contribution in [-0.2, 0) is 4.79 Å². The number of rotatable bonds is 4. The van der Waals surface area contributed by atoms with Crippen LogP contribution in [0.4, 0.5) is 23.4 Å². The first-order valence-electron chi connectivity index (χ1n) is 14.4. The molecule has 4 aliphatic rings. The molecule has 2 bridgehead atoms. The molecule has 5 unspecified atom stereocenters. The Kier molecular flexibility index (Phi) is 6.05. The third-order valence-electron chi connectivity index (χ3n) is 9.85. The lowest BCUT2D eigenvalue weighted by molar-refractivity contribution is -0.125. The molecule has 3 heterocycles. The van der Waals surface area contributed by atoms with Gasteiger partial charge in [-0.15, -0.1) is 0 Å². The van der Waals surface area contributed by atoms with Gasteiger partial charge in [0.15, 0.2) is 5.65 Å². The van der Waals surface area contributed by atoms with E-state index in [0.717, 1.165) is 46.6 Å². The van der Waals surface area contributed by atoms with Gasteiger partial charge >= 0.3 is 0 Å². The Labute approximate surface area is 238 Å². The van der Waals surface area contributed by atoms with Crippen molar-refractivity contribution in [3.05, 3.63) is 63.9 Å². The number of benzene rings is 1. The van der Waals surface area contributed by atoms with E-state index < -0.39 is 53.3 Å². The fourth-order valence-electron chi connectivity index (χ4n) is 8.03. The number of anilines is 1. The minimum Gasteiger partial charge on any atom is -0.347 e. The Morgan fingerprint density at radius 3 is 2.64 bits per heavy atom. The second-order valence-electron chi connectivity index (χ2n) is 12.9. The molecule has 1 aromatic carbocycles. The molecule has 3 aromatic rings. The number of nitrogens with zero attached hydrogens (tertiary/aromatic N) is 3. The van der Waals surface area contributed by atoms with Gasteiger partial charge in [-0.05, 0) is 87.0 Å². The smallest absolute Gasteiger partial charge is 0.266 e. The van der Waals surface area contributed by atoms with Crippen molar-refractivity contribution in [3.8, 4) is 5.69 Å². The van der Waals surface area contributed by atoms with Gasteiger partial charge in [-0.2, -0.15) is 0 Å². The summed E-state index contributed by atoms with van der Waals surface area (Å²) in [7, 11) is 0. The zero-order valence-corrected chi connectivity index (χ0v) is 23.0. The Morgan fingerprint density at radius 1 is 1.05 bits per heavy atom. The van der Waals surface area contributed by atoms with Gasteiger partial charge in [0, 0.05) is 30.6 Å². The largest absolute Gasteiger partial charge is 0.347 e. The van der Waals surface area contributed by atoms with Crippen molar-refractivity contribution in [2.45, 2.75) is 63.3 Å². The van der Waals surface area contributed by atoms with E-state index in [0.29, 0.717) is 23.8 Å². The van der Waals surface area contributed by atoms with Crippen LogP contribution in [0.25, 0.3) is 16.7 Å². The molecule has 1 N–H and O–H groups in total. The van der Waals surface area contributed by atoms with Gasteiger partial charge in [0.1, 0.15) is 23.0 Å². The molecular formula is C31H30F4N4O3. The number of piperidine rings is 1. The zero-order valence-electron chi connectivity index (χ0n) is 23.0. The second kappa shape index (κ2) is 9.37. The standard InChI is InChI=1S/C31H30F4N4O3/c1-30(12-16-8-17-10-18(13-30)21(17)9-16)37-29(42)22-14-38(24-4-2-19(32)11-23(24)33)28-20(27(22)41)3-5-25(36-28)39-15-31(34,35)7-6-26(39)40/h2-5,11,14,16-18,21H,6-10,12-13,15H2,1H3,(H,37,42). The van der Waals surface area contributed by atoms with E-state index in [4.69, 9.17) is 0 Å². The molecule has 42 heavy (non-hydrogen) atoms. The fraction of sp³-hybridized carbons (Fsp3) is 0.484. The van der Waals surface area contributed by atoms with Crippen molar-refractivity contribution < 1.29 is 27.2 Å². The number of fused-ring (bicyclic) bond motifs is 2. The van der Waals surface area contributed by atoms with Gasteiger partial charge in [-0.1, -0.05) is 0 Å². The van der Waals surface area contributed by atoms with E-state index >= 15 is 4.39 Å². The Hall–Kier alpha value is -3.76. The predicted molar refractivity (Wildman–Crippen MR) is 147 cm³/mol. The maximum Gasteiger partial charge on any atom is 0.266 e. The van der Waals surface area contributed by atoms with Gasteiger partial charge in [-0.25, -0.2) is 22.5 Å². The summed E-state index contributed by atoms with van der Waals surface area (Å²) in [6.45, 7) is 1.12. The summed E-state index contributed by atoms with van der Waals surface area (Å²) < 4.78 is 58.4. The highest BCUT2D eigenvalue weighted by molar-refractivity contribution is 5.98. The number of nitrogens with one attached hydrogen (secondary N) is 1. The quantitative estimate of drug-likeness (QED) is 0.420. The van der Waals surface area contributed by atoms with Crippen LogP contribution in [-0.4, -0.2) is 39.4 Å². The fourth-order valence-corrected chi connectivity index (χ4v) is 8.03. The maximum atomic E-state index is 15.1. The van der Waals surface area contributed by atoms with E-state index in [1.807, 2.05) is 6.92 Å². The molecule has 3 aliphatic carbocycles. The lowest BCUT2D eigenvalue weighted by atomic mass is 9.62. The lowest BCUT2D eigenvalue weighted by Gasteiger charge is -2.46. The molecule has 1 aliphatic heterocycles. The topological polar surface area (TPSA) is 84.3 Å². The van der Waals surface area contributed by atoms with Gasteiger partial charge in [0.05, 0.1) is 17.6 Å². The van der Waals surface area contributed by atoms with Gasteiger partial charge in [-0.3, -0.25) is 23.9 Å². The second-order valence-corrected chi connectivity index (χ2v) is 12.9. The number of carbonyl (C=O) groups is 2. The molecule has 220 valence electrons. The highest BCUT2D eigenvalue weighted by Gasteiger charge is 2.53. The molecule has 4 fully saturated rings. The molecule has 3 saturated carbocycles. The molecule has 7 nitrogen and oxygen atoms in total. The first-order chi connectivity index (χ1) is 19.9. The molecule has 0 radical (unpaired) electrons. The number of amides is 2. The van der Waals surface area contributed by atoms with Crippen LogP contribution in [0.1, 0.15) is 62.2 Å². The Bertz CT molecular complexity index is 1700. The normalized spacial score (nSPS) is 29.7. The number of pyridine rings is 2. The molecule has 1 saturated heterocycles. The van der Waals surface area contributed by atoms with Crippen molar-refractivity contribution in [2.24, 2.45) is 23.7 Å². The maximum absolute atomic E-state index is 15.1. The zero-order chi connectivity index (χ0) is 29.6. The molecule has 0 spiro atoms. The third kappa shape index (κ3) is 4.48. The Morgan fingerprint density at radius 2 is 1.86 bits per heavy atom. The van der Waals surface area contributed by atoms with E-state index in [1.54, 1.807) is 0 Å². The van der Waals surface area contributed by atoms with Gasteiger partial charge < -0.3 is 5.32 Å². The number of hydrogen-bond acceptors (Lipinski definition) is 4. The van der Waals surface area contributed by atoms with Crippen molar-refractivity contribution in [2.75, 3.05) is 11.4 Å². The van der Waals surface area contributed by atoms with Crippen molar-refractivity contribution >= 4 is 28.7 Å². The highest BCUT2D eigenvalue weighted by atomic mass is 19.3. The van der Waals surface area contributed by atoms with E-state index in [9.17, 15) is 27.6 Å². The minimum atomic E-state index is -3.12. The molecule has 2 aromatic heterocycles. The number of alkyl halides is 2. The highest BCUT2D eigenvalue weighted by Crippen LogP contribution is 2.60. The molecule has 5 atom stereocenters.